The van der Waals surface area contributed by atoms with E-state index in [4.69, 9.17) is 22.3 Å². The molecule has 2 aromatic rings. The van der Waals surface area contributed by atoms with Crippen LogP contribution in [0, 0.1) is 36.5 Å². The van der Waals surface area contributed by atoms with Crippen LogP contribution in [0.4, 0.5) is 0 Å². The van der Waals surface area contributed by atoms with Gasteiger partial charge >= 0.3 is 0 Å². The molecular formula is C28H28O2. The molecule has 0 saturated heterocycles. The van der Waals surface area contributed by atoms with E-state index in [0.29, 0.717) is 13.2 Å². The molecule has 2 heteroatoms. The average Bonchev–Trinajstić information content (AvgIpc) is 2.76. The van der Waals surface area contributed by atoms with Gasteiger partial charge in [0.15, 0.2) is 0 Å². The van der Waals surface area contributed by atoms with Crippen molar-refractivity contribution in [2.45, 2.75) is 49.4 Å². The predicted octanol–water partition coefficient (Wildman–Crippen LogP) is 5.50. The van der Waals surface area contributed by atoms with Gasteiger partial charge in [-0.3, -0.25) is 0 Å². The largest absolute Gasteiger partial charge is 0.481 e. The highest BCUT2D eigenvalue weighted by Gasteiger charge is 2.58. The molecule has 4 bridgehead atoms. The quantitative estimate of drug-likeness (QED) is 0.600. The summed E-state index contributed by atoms with van der Waals surface area (Å²) in [5.74, 6) is 8.43. The zero-order valence-corrected chi connectivity index (χ0v) is 17.4. The Hall–Kier alpha value is -2.84. The Morgan fingerprint density at radius 3 is 1.47 bits per heavy atom. The van der Waals surface area contributed by atoms with E-state index in [1.54, 1.807) is 0 Å². The first kappa shape index (κ1) is 19.1. The molecule has 0 spiro atoms. The molecular weight excluding hydrogens is 368 g/mol. The van der Waals surface area contributed by atoms with Crippen LogP contribution in [0.3, 0.4) is 0 Å². The first-order chi connectivity index (χ1) is 14.6. The molecule has 2 aromatic carbocycles. The number of ether oxygens (including phenoxy) is 2. The second kappa shape index (κ2) is 7.45. The van der Waals surface area contributed by atoms with Crippen LogP contribution in [0.25, 0.3) is 0 Å². The van der Waals surface area contributed by atoms with Crippen molar-refractivity contribution in [3.63, 3.8) is 0 Å². The molecule has 30 heavy (non-hydrogen) atoms. The van der Waals surface area contributed by atoms with Crippen LogP contribution in [0.1, 0.15) is 49.7 Å². The van der Waals surface area contributed by atoms with Gasteiger partial charge in [0.05, 0.1) is 0 Å². The average molecular weight is 397 g/mol. The number of hydrogen-bond acceptors (Lipinski definition) is 2. The van der Waals surface area contributed by atoms with Crippen molar-refractivity contribution < 1.29 is 9.47 Å². The minimum absolute atomic E-state index is 0.285. The fourth-order valence-corrected chi connectivity index (χ4v) is 7.00. The Bertz CT molecular complexity index is 893. The summed E-state index contributed by atoms with van der Waals surface area (Å²) < 4.78 is 11.2. The molecule has 0 aromatic heterocycles. The monoisotopic (exact) mass is 396 g/mol. The Labute approximate surface area is 180 Å². The minimum Gasteiger partial charge on any atom is -0.481 e. The van der Waals surface area contributed by atoms with Crippen LogP contribution in [-0.2, 0) is 10.8 Å². The summed E-state index contributed by atoms with van der Waals surface area (Å²) in [7, 11) is 0. The fourth-order valence-electron chi connectivity index (χ4n) is 7.00. The van der Waals surface area contributed by atoms with Crippen molar-refractivity contribution in [3.8, 4) is 36.2 Å². The summed E-state index contributed by atoms with van der Waals surface area (Å²) >= 11 is 0. The molecule has 4 aliphatic rings. The van der Waals surface area contributed by atoms with Gasteiger partial charge in [-0.2, -0.15) is 0 Å². The van der Waals surface area contributed by atoms with Crippen LogP contribution in [0.15, 0.2) is 48.5 Å². The molecule has 4 saturated carbocycles. The van der Waals surface area contributed by atoms with Crippen LogP contribution < -0.4 is 9.47 Å². The van der Waals surface area contributed by atoms with Gasteiger partial charge in [-0.15, -0.1) is 12.8 Å². The van der Waals surface area contributed by atoms with E-state index in [9.17, 15) is 0 Å². The van der Waals surface area contributed by atoms with Gasteiger partial charge in [-0.1, -0.05) is 36.1 Å². The number of hydrogen-bond donors (Lipinski definition) is 0. The lowest BCUT2D eigenvalue weighted by Gasteiger charge is -2.62. The van der Waals surface area contributed by atoms with Crippen LogP contribution >= 0.6 is 0 Å². The lowest BCUT2D eigenvalue weighted by atomic mass is 9.42. The van der Waals surface area contributed by atoms with E-state index >= 15 is 0 Å². The molecule has 4 fully saturated rings. The van der Waals surface area contributed by atoms with Crippen molar-refractivity contribution >= 4 is 0 Å². The molecule has 0 heterocycles. The highest BCUT2D eigenvalue weighted by Crippen LogP contribution is 2.66. The third-order valence-electron chi connectivity index (χ3n) is 7.64. The van der Waals surface area contributed by atoms with Gasteiger partial charge in [-0.25, -0.2) is 0 Å². The van der Waals surface area contributed by atoms with Crippen molar-refractivity contribution in [2.24, 2.45) is 11.8 Å². The van der Waals surface area contributed by atoms with Crippen molar-refractivity contribution in [2.75, 3.05) is 13.2 Å². The molecule has 4 aliphatic carbocycles. The van der Waals surface area contributed by atoms with E-state index in [1.165, 1.54) is 49.7 Å². The first-order valence-electron chi connectivity index (χ1n) is 11.0. The highest BCUT2D eigenvalue weighted by atomic mass is 16.5. The van der Waals surface area contributed by atoms with Crippen LogP contribution in [-0.4, -0.2) is 13.2 Å². The summed E-state index contributed by atoms with van der Waals surface area (Å²) in [6.45, 7) is 0.637. The van der Waals surface area contributed by atoms with Gasteiger partial charge in [0.1, 0.15) is 24.7 Å². The van der Waals surface area contributed by atoms with Gasteiger partial charge in [0.2, 0.25) is 0 Å². The standard InChI is InChI=1S/C28H28O2/c1-3-13-29-25-9-5-23(6-10-25)27-16-21-15-22(17-27)19-28(18-21,20-27)24-7-11-26(12-8-24)30-14-4-2/h1-2,5-12,21-22H,13-20H2. The van der Waals surface area contributed by atoms with Gasteiger partial charge < -0.3 is 9.47 Å². The molecule has 6 rings (SSSR count). The maximum atomic E-state index is 5.60. The summed E-state index contributed by atoms with van der Waals surface area (Å²) in [6.07, 6.45) is 18.6. The third kappa shape index (κ3) is 3.26. The summed E-state index contributed by atoms with van der Waals surface area (Å²) in [4.78, 5) is 0. The number of rotatable bonds is 6. The molecule has 0 N–H and O–H groups in total. The summed E-state index contributed by atoms with van der Waals surface area (Å²) in [6, 6.07) is 17.5. The predicted molar refractivity (Wildman–Crippen MR) is 120 cm³/mol. The topological polar surface area (TPSA) is 18.5 Å². The van der Waals surface area contributed by atoms with Crippen molar-refractivity contribution in [1.82, 2.24) is 0 Å². The van der Waals surface area contributed by atoms with Crippen molar-refractivity contribution in [1.29, 1.82) is 0 Å². The summed E-state index contributed by atoms with van der Waals surface area (Å²) in [5, 5.41) is 0. The van der Waals surface area contributed by atoms with Crippen LogP contribution in [0.2, 0.25) is 0 Å². The second-order valence-electron chi connectivity index (χ2n) is 9.56. The van der Waals surface area contributed by atoms with Gasteiger partial charge in [0, 0.05) is 0 Å². The molecule has 152 valence electrons. The zero-order chi connectivity index (χ0) is 20.6. The molecule has 2 nitrogen and oxygen atoms in total. The van der Waals surface area contributed by atoms with Gasteiger partial charge in [-0.05, 0) is 96.6 Å². The number of benzene rings is 2. The lowest BCUT2D eigenvalue weighted by Crippen LogP contribution is -2.55. The van der Waals surface area contributed by atoms with E-state index in [1.807, 2.05) is 0 Å². The van der Waals surface area contributed by atoms with E-state index < -0.39 is 0 Å². The van der Waals surface area contributed by atoms with E-state index in [2.05, 4.69) is 60.4 Å². The third-order valence-corrected chi connectivity index (χ3v) is 7.64. The highest BCUT2D eigenvalue weighted by molar-refractivity contribution is 5.41. The molecule has 0 unspecified atom stereocenters. The Morgan fingerprint density at radius 2 is 1.10 bits per heavy atom. The Morgan fingerprint density at radius 1 is 0.700 bits per heavy atom. The van der Waals surface area contributed by atoms with E-state index in [-0.39, 0.29) is 10.8 Å². The smallest absolute Gasteiger partial charge is 0.148 e. The maximum absolute atomic E-state index is 5.60. The van der Waals surface area contributed by atoms with E-state index in [0.717, 1.165) is 23.3 Å². The Balaban J connectivity index is 1.44. The minimum atomic E-state index is 0.285. The second-order valence-corrected chi connectivity index (χ2v) is 9.56. The zero-order valence-electron chi connectivity index (χ0n) is 17.4. The molecule has 0 amide bonds. The normalized spacial score (nSPS) is 31.0. The fraction of sp³-hybridized carbons (Fsp3) is 0.429. The lowest BCUT2D eigenvalue weighted by molar-refractivity contribution is -0.0281. The molecule has 0 aliphatic heterocycles. The SMILES string of the molecule is C#CCOc1ccc(C23CC4CC(C2)CC(c2ccc(OCC#C)cc2)(C4)C3)cc1. The first-order valence-corrected chi connectivity index (χ1v) is 11.0. The van der Waals surface area contributed by atoms with Gasteiger partial charge in [0.25, 0.3) is 0 Å². The summed E-state index contributed by atoms with van der Waals surface area (Å²) in [5.41, 5.74) is 3.52. The molecule has 0 atom stereocenters. The van der Waals surface area contributed by atoms with Crippen LogP contribution in [0.5, 0.6) is 11.5 Å². The maximum Gasteiger partial charge on any atom is 0.148 e. The Kier molecular flexibility index (Phi) is 4.75. The van der Waals surface area contributed by atoms with Crippen molar-refractivity contribution in [3.05, 3.63) is 59.7 Å². The number of terminal acetylenes is 2. The molecule has 0 radical (unpaired) electrons.